The second kappa shape index (κ2) is 12.6. The highest BCUT2D eigenvalue weighted by Gasteiger charge is 2.45. The maximum atomic E-state index is 13.3. The van der Waals surface area contributed by atoms with Crippen LogP contribution in [0.15, 0.2) is 49.1 Å². The van der Waals surface area contributed by atoms with Crippen LogP contribution in [-0.4, -0.2) is 90.7 Å². The molecule has 3 fully saturated rings. The number of imide groups is 2. The summed E-state index contributed by atoms with van der Waals surface area (Å²) in [6, 6.07) is 9.93. The van der Waals surface area contributed by atoms with E-state index < -0.39 is 29.7 Å². The van der Waals surface area contributed by atoms with Crippen molar-refractivity contribution >= 4 is 52.2 Å². The number of imidazole rings is 1. The molecule has 1 aliphatic carbocycles. The molecule has 0 radical (unpaired) electrons. The van der Waals surface area contributed by atoms with Crippen LogP contribution in [0, 0.1) is 12.8 Å². The average Bonchev–Trinajstić information content (AvgIpc) is 3.63. The fraction of sp³-hybridized carbons (Fsp3) is 0.400. The molecule has 3 N–H and O–H groups in total. The molecular weight excluding hydrogens is 640 g/mol. The highest BCUT2D eigenvalue weighted by atomic mass is 16.2. The van der Waals surface area contributed by atoms with Gasteiger partial charge in [0.25, 0.3) is 17.7 Å². The van der Waals surface area contributed by atoms with Gasteiger partial charge in [0.05, 0.1) is 17.5 Å². The molecule has 0 bridgehead atoms. The monoisotopic (exact) mass is 676 g/mol. The molecular formula is C35H36N10O5. The number of pyridine rings is 1. The zero-order valence-electron chi connectivity index (χ0n) is 27.5. The third kappa shape index (κ3) is 5.71. The van der Waals surface area contributed by atoms with E-state index in [0.29, 0.717) is 22.9 Å². The third-order valence-corrected chi connectivity index (χ3v) is 10.3. The van der Waals surface area contributed by atoms with Gasteiger partial charge in [-0.2, -0.15) is 0 Å². The molecule has 5 amide bonds. The molecule has 3 aliphatic heterocycles. The highest BCUT2D eigenvalue weighted by Crippen LogP contribution is 2.36. The van der Waals surface area contributed by atoms with Gasteiger partial charge < -0.3 is 20.1 Å². The predicted molar refractivity (Wildman–Crippen MR) is 180 cm³/mol. The summed E-state index contributed by atoms with van der Waals surface area (Å²) in [6.07, 6.45) is 6.94. The average molecular weight is 677 g/mol. The van der Waals surface area contributed by atoms with E-state index in [1.165, 1.54) is 0 Å². The van der Waals surface area contributed by atoms with Crippen LogP contribution in [0.5, 0.6) is 0 Å². The first-order chi connectivity index (χ1) is 24.2. The van der Waals surface area contributed by atoms with Crippen molar-refractivity contribution in [2.45, 2.75) is 63.6 Å². The van der Waals surface area contributed by atoms with Crippen LogP contribution in [0.2, 0.25) is 0 Å². The summed E-state index contributed by atoms with van der Waals surface area (Å²) >= 11 is 0. The second-order valence-corrected chi connectivity index (χ2v) is 13.5. The first-order valence-corrected chi connectivity index (χ1v) is 17.0. The summed E-state index contributed by atoms with van der Waals surface area (Å²) in [7, 11) is 0. The van der Waals surface area contributed by atoms with Gasteiger partial charge in [0.2, 0.25) is 11.8 Å². The maximum absolute atomic E-state index is 13.3. The number of hydrogen-bond donors (Lipinski definition) is 3. The number of anilines is 2. The van der Waals surface area contributed by atoms with E-state index in [0.717, 1.165) is 67.2 Å². The van der Waals surface area contributed by atoms with Crippen LogP contribution in [-0.2, 0) is 9.59 Å². The number of piperidine rings is 2. The van der Waals surface area contributed by atoms with Crippen LogP contribution in [0.3, 0.4) is 0 Å². The first-order valence-electron chi connectivity index (χ1n) is 17.0. The number of fused-ring (bicyclic) bond motifs is 2. The minimum absolute atomic E-state index is 0.0601. The molecule has 2 saturated heterocycles. The fourth-order valence-electron chi connectivity index (χ4n) is 7.40. The van der Waals surface area contributed by atoms with Gasteiger partial charge in [0.1, 0.15) is 23.6 Å². The van der Waals surface area contributed by atoms with Gasteiger partial charge in [-0.1, -0.05) is 6.07 Å². The molecule has 4 aliphatic rings. The molecule has 0 unspecified atom stereocenters. The Hall–Kier alpha value is -5.73. The zero-order chi connectivity index (χ0) is 34.5. The van der Waals surface area contributed by atoms with E-state index in [1.54, 1.807) is 30.9 Å². The fourth-order valence-corrected chi connectivity index (χ4v) is 7.40. The van der Waals surface area contributed by atoms with Crippen molar-refractivity contribution in [2.24, 2.45) is 5.92 Å². The van der Waals surface area contributed by atoms with Gasteiger partial charge in [-0.25, -0.2) is 19.9 Å². The van der Waals surface area contributed by atoms with Crippen molar-refractivity contribution in [2.75, 3.05) is 29.9 Å². The van der Waals surface area contributed by atoms with Gasteiger partial charge >= 0.3 is 0 Å². The molecule has 1 aromatic carbocycles. The van der Waals surface area contributed by atoms with Crippen LogP contribution in [0.4, 0.5) is 11.5 Å². The van der Waals surface area contributed by atoms with Crippen molar-refractivity contribution in [3.8, 4) is 0 Å². The Morgan fingerprint density at radius 2 is 1.76 bits per heavy atom. The molecule has 0 spiro atoms. The Bertz CT molecular complexity index is 2050. The van der Waals surface area contributed by atoms with Gasteiger partial charge in [-0.15, -0.1) is 0 Å². The SMILES string of the molecule is Cc1cccc(C(=O)NC2CC(n3cnc4c(NCC5CCN(c6ccc7c(c6)C(=O)N([C@H]6CCC(=O)NC6=O)C7=O)CC5)ncnc43)C2)n1. The van der Waals surface area contributed by atoms with E-state index in [-0.39, 0.29) is 42.0 Å². The summed E-state index contributed by atoms with van der Waals surface area (Å²) < 4.78 is 2.06. The molecule has 15 nitrogen and oxygen atoms in total. The van der Waals surface area contributed by atoms with E-state index >= 15 is 0 Å². The number of hydrogen-bond acceptors (Lipinski definition) is 11. The predicted octanol–water partition coefficient (Wildman–Crippen LogP) is 2.39. The van der Waals surface area contributed by atoms with Crippen molar-refractivity contribution in [3.63, 3.8) is 0 Å². The molecule has 15 heteroatoms. The van der Waals surface area contributed by atoms with Crippen LogP contribution in [0.1, 0.15) is 81.5 Å². The molecule has 1 saturated carbocycles. The number of aromatic nitrogens is 5. The second-order valence-electron chi connectivity index (χ2n) is 13.5. The lowest BCUT2D eigenvalue weighted by Crippen LogP contribution is -2.54. The maximum Gasteiger partial charge on any atom is 0.270 e. The van der Waals surface area contributed by atoms with Crippen molar-refractivity contribution in [1.29, 1.82) is 0 Å². The molecule has 1 atom stereocenters. The largest absolute Gasteiger partial charge is 0.371 e. The van der Waals surface area contributed by atoms with Gasteiger partial charge in [-0.3, -0.25) is 34.2 Å². The number of nitrogens with zero attached hydrogens (tertiary/aromatic N) is 7. The van der Waals surface area contributed by atoms with Gasteiger partial charge in [-0.05, 0) is 75.3 Å². The van der Waals surface area contributed by atoms with Crippen molar-refractivity contribution < 1.29 is 24.0 Å². The molecule has 8 rings (SSSR count). The normalized spacial score (nSPS) is 22.4. The molecule has 50 heavy (non-hydrogen) atoms. The minimum atomic E-state index is -0.982. The summed E-state index contributed by atoms with van der Waals surface area (Å²) in [6.45, 7) is 4.13. The Kier molecular flexibility index (Phi) is 7.96. The number of rotatable bonds is 8. The van der Waals surface area contributed by atoms with Crippen LogP contribution in [0.25, 0.3) is 11.2 Å². The van der Waals surface area contributed by atoms with Crippen LogP contribution < -0.4 is 20.9 Å². The number of nitrogens with one attached hydrogen (secondary N) is 3. The summed E-state index contributed by atoms with van der Waals surface area (Å²) in [4.78, 5) is 84.1. The highest BCUT2D eigenvalue weighted by molar-refractivity contribution is 6.23. The summed E-state index contributed by atoms with van der Waals surface area (Å²) in [5.74, 6) is -1.11. The molecule has 4 aromatic rings. The number of carbonyl (C=O) groups is 5. The van der Waals surface area contributed by atoms with Gasteiger partial charge in [0, 0.05) is 49.5 Å². The smallest absolute Gasteiger partial charge is 0.270 e. The van der Waals surface area contributed by atoms with E-state index in [1.807, 2.05) is 25.1 Å². The number of amides is 5. The van der Waals surface area contributed by atoms with Crippen molar-refractivity contribution in [1.82, 2.24) is 40.0 Å². The van der Waals surface area contributed by atoms with Crippen LogP contribution >= 0.6 is 0 Å². The Labute approximate surface area is 286 Å². The van der Waals surface area contributed by atoms with E-state index in [2.05, 4.69) is 45.4 Å². The zero-order valence-corrected chi connectivity index (χ0v) is 27.5. The first kappa shape index (κ1) is 31.5. The van der Waals surface area contributed by atoms with E-state index in [9.17, 15) is 24.0 Å². The number of aryl methyl sites for hydroxylation is 1. The lowest BCUT2D eigenvalue weighted by Gasteiger charge is -2.36. The number of carbonyl (C=O) groups excluding carboxylic acids is 5. The summed E-state index contributed by atoms with van der Waals surface area (Å²) in [5.41, 5.74) is 4.12. The lowest BCUT2D eigenvalue weighted by molar-refractivity contribution is -0.136. The number of benzene rings is 1. The Balaban J connectivity index is 0.849. The lowest BCUT2D eigenvalue weighted by atomic mass is 9.86. The van der Waals surface area contributed by atoms with Gasteiger partial charge in [0.15, 0.2) is 11.5 Å². The quantitative estimate of drug-likeness (QED) is 0.233. The third-order valence-electron chi connectivity index (χ3n) is 10.3. The summed E-state index contributed by atoms with van der Waals surface area (Å²) in [5, 5.41) is 8.80. The molecule has 6 heterocycles. The van der Waals surface area contributed by atoms with Crippen molar-refractivity contribution in [3.05, 3.63) is 71.6 Å². The Morgan fingerprint density at radius 1 is 0.960 bits per heavy atom. The Morgan fingerprint density at radius 3 is 2.54 bits per heavy atom. The molecule has 3 aromatic heterocycles. The standard InChI is InChI=1S/C35H36N10O5/c1-19-3-2-4-26(40-19)32(47)41-21-13-23(14-21)44-18-39-29-30(37-17-38-31(29)44)36-16-20-9-11-43(12-10-20)22-5-6-24-25(15-22)35(50)45(34(24)49)27-7-8-28(46)42-33(27)48/h2-6,15,17-18,20-21,23,27H,7-14,16H2,1H3,(H,41,47)(H,36,37,38)(H,42,46,48)/t21?,23?,27-/m0/s1. The van der Waals surface area contributed by atoms with E-state index in [4.69, 9.17) is 0 Å². The topological polar surface area (TPSA) is 184 Å². The minimum Gasteiger partial charge on any atom is -0.371 e. The molecule has 256 valence electrons.